The van der Waals surface area contributed by atoms with Crippen molar-refractivity contribution >= 4 is 28.9 Å². The number of nitro groups is 1. The zero-order valence-electron chi connectivity index (χ0n) is 13.4. The number of nitrogens with one attached hydrogen (secondary N) is 2. The van der Waals surface area contributed by atoms with E-state index < -0.39 is 16.7 Å². The monoisotopic (exact) mass is 345 g/mol. The lowest BCUT2D eigenvalue weighted by molar-refractivity contribution is -0.383. The van der Waals surface area contributed by atoms with Gasteiger partial charge in [0.05, 0.1) is 24.8 Å². The van der Waals surface area contributed by atoms with Gasteiger partial charge in [-0.2, -0.15) is 0 Å². The summed E-state index contributed by atoms with van der Waals surface area (Å²) >= 11 is 0. The normalized spacial score (nSPS) is 9.84. The van der Waals surface area contributed by atoms with Crippen LogP contribution in [0.3, 0.4) is 0 Å². The van der Waals surface area contributed by atoms with Gasteiger partial charge in [0, 0.05) is 12.1 Å². The summed E-state index contributed by atoms with van der Waals surface area (Å²) in [5.74, 6) is -1.29. The number of carbonyl (C=O) groups excluding carboxylic acids is 2. The summed E-state index contributed by atoms with van der Waals surface area (Å²) in [6.45, 7) is 0. The highest BCUT2D eigenvalue weighted by molar-refractivity contribution is 6.44. The van der Waals surface area contributed by atoms with Gasteiger partial charge >= 0.3 is 11.8 Å². The minimum Gasteiger partial charge on any atom is -0.497 e. The number of anilines is 2. The van der Waals surface area contributed by atoms with Crippen LogP contribution >= 0.6 is 0 Å². The zero-order valence-corrected chi connectivity index (χ0v) is 13.4. The Kier molecular flexibility index (Phi) is 5.51. The maximum Gasteiger partial charge on any atom is 0.314 e. The molecule has 0 aliphatic heterocycles. The predicted octanol–water partition coefficient (Wildman–Crippen LogP) is 2.19. The smallest absolute Gasteiger partial charge is 0.314 e. The van der Waals surface area contributed by atoms with Crippen LogP contribution in [0.25, 0.3) is 0 Å². The standard InChI is InChI=1S/C16H15N3O6/c1-24-10-7-8-14(25-2)12(9-10)18-16(21)15(20)17-11-5-3-4-6-13(11)19(22)23/h3-9H,1-2H3,(H,17,20)(H,18,21). The van der Waals surface area contributed by atoms with E-state index in [2.05, 4.69) is 10.6 Å². The van der Waals surface area contributed by atoms with Crippen LogP contribution in [0.5, 0.6) is 11.5 Å². The van der Waals surface area contributed by atoms with Gasteiger partial charge in [-0.05, 0) is 18.2 Å². The van der Waals surface area contributed by atoms with E-state index in [4.69, 9.17) is 9.47 Å². The second-order valence-corrected chi connectivity index (χ2v) is 4.75. The van der Waals surface area contributed by atoms with Gasteiger partial charge in [-0.25, -0.2) is 0 Å². The molecule has 2 aromatic carbocycles. The van der Waals surface area contributed by atoms with Crippen LogP contribution in [-0.2, 0) is 9.59 Å². The quantitative estimate of drug-likeness (QED) is 0.487. The Labute approximate surface area is 142 Å². The molecule has 2 aromatic rings. The van der Waals surface area contributed by atoms with Crippen molar-refractivity contribution in [3.63, 3.8) is 0 Å². The molecule has 25 heavy (non-hydrogen) atoms. The van der Waals surface area contributed by atoms with Gasteiger partial charge in [-0.1, -0.05) is 12.1 Å². The molecule has 0 radical (unpaired) electrons. The van der Waals surface area contributed by atoms with Crippen LogP contribution in [0.1, 0.15) is 0 Å². The Morgan fingerprint density at radius 2 is 1.60 bits per heavy atom. The molecule has 0 saturated carbocycles. The Morgan fingerprint density at radius 1 is 0.960 bits per heavy atom. The molecule has 2 N–H and O–H groups in total. The zero-order chi connectivity index (χ0) is 18.4. The maximum atomic E-state index is 12.1. The average Bonchev–Trinajstić information content (AvgIpc) is 2.61. The number of carbonyl (C=O) groups is 2. The summed E-state index contributed by atoms with van der Waals surface area (Å²) in [4.78, 5) is 34.4. The molecule has 130 valence electrons. The summed E-state index contributed by atoms with van der Waals surface area (Å²) < 4.78 is 10.2. The fourth-order valence-electron chi connectivity index (χ4n) is 2.01. The third kappa shape index (κ3) is 4.22. The first-order valence-corrected chi connectivity index (χ1v) is 7.04. The van der Waals surface area contributed by atoms with Gasteiger partial charge in [-0.15, -0.1) is 0 Å². The molecule has 0 aromatic heterocycles. The number of hydrogen-bond donors (Lipinski definition) is 2. The molecular formula is C16H15N3O6. The van der Waals surface area contributed by atoms with E-state index in [-0.39, 0.29) is 17.1 Å². The number of para-hydroxylation sites is 2. The molecule has 0 saturated heterocycles. The minimum absolute atomic E-state index is 0.0785. The van der Waals surface area contributed by atoms with E-state index in [0.717, 1.165) is 0 Å². The molecule has 9 nitrogen and oxygen atoms in total. The van der Waals surface area contributed by atoms with Crippen molar-refractivity contribution in [3.8, 4) is 11.5 Å². The molecule has 0 aliphatic rings. The van der Waals surface area contributed by atoms with Crippen LogP contribution in [0.2, 0.25) is 0 Å². The van der Waals surface area contributed by atoms with Gasteiger partial charge in [-0.3, -0.25) is 19.7 Å². The van der Waals surface area contributed by atoms with Crippen LogP contribution in [0, 0.1) is 10.1 Å². The third-order valence-electron chi connectivity index (χ3n) is 3.21. The van der Waals surface area contributed by atoms with Crippen molar-refractivity contribution in [2.45, 2.75) is 0 Å². The molecule has 0 aliphatic carbocycles. The second kappa shape index (κ2) is 7.77. The largest absolute Gasteiger partial charge is 0.497 e. The number of methoxy groups -OCH3 is 2. The Bertz CT molecular complexity index is 821. The predicted molar refractivity (Wildman–Crippen MR) is 89.9 cm³/mol. The van der Waals surface area contributed by atoms with Gasteiger partial charge < -0.3 is 20.1 Å². The maximum absolute atomic E-state index is 12.1. The van der Waals surface area contributed by atoms with E-state index in [1.54, 1.807) is 12.1 Å². The molecule has 0 fully saturated rings. The van der Waals surface area contributed by atoms with Crippen molar-refractivity contribution in [1.82, 2.24) is 0 Å². The Morgan fingerprint density at radius 3 is 2.20 bits per heavy atom. The summed E-state index contributed by atoms with van der Waals surface area (Å²) in [5.41, 5.74) is -0.169. The first-order chi connectivity index (χ1) is 12.0. The number of rotatable bonds is 5. The number of nitrogens with zero attached hydrogens (tertiary/aromatic N) is 1. The summed E-state index contributed by atoms with van der Waals surface area (Å²) in [7, 11) is 2.86. The molecule has 0 spiro atoms. The topological polar surface area (TPSA) is 120 Å². The van der Waals surface area contributed by atoms with E-state index >= 15 is 0 Å². The lowest BCUT2D eigenvalue weighted by atomic mass is 10.2. The molecule has 9 heteroatoms. The summed E-state index contributed by atoms with van der Waals surface area (Å²) in [6, 6.07) is 10.2. The SMILES string of the molecule is COc1ccc(OC)c(NC(=O)C(=O)Nc2ccccc2[N+](=O)[O-])c1. The molecule has 0 unspecified atom stereocenters. The van der Waals surface area contributed by atoms with Crippen LogP contribution in [0.15, 0.2) is 42.5 Å². The first kappa shape index (κ1) is 17.7. The number of hydrogen-bond acceptors (Lipinski definition) is 6. The van der Waals surface area contributed by atoms with Crippen molar-refractivity contribution < 1.29 is 24.0 Å². The number of benzene rings is 2. The van der Waals surface area contributed by atoms with Gasteiger partial charge in [0.1, 0.15) is 17.2 Å². The third-order valence-corrected chi connectivity index (χ3v) is 3.21. The van der Waals surface area contributed by atoms with Gasteiger partial charge in [0.25, 0.3) is 5.69 Å². The van der Waals surface area contributed by atoms with Crippen LogP contribution in [0.4, 0.5) is 17.1 Å². The molecule has 0 bridgehead atoms. The lowest BCUT2D eigenvalue weighted by Gasteiger charge is -2.11. The van der Waals surface area contributed by atoms with E-state index in [0.29, 0.717) is 11.5 Å². The van der Waals surface area contributed by atoms with Crippen molar-refractivity contribution in [2.75, 3.05) is 24.9 Å². The van der Waals surface area contributed by atoms with E-state index in [1.165, 1.54) is 44.6 Å². The van der Waals surface area contributed by atoms with Gasteiger partial charge in [0.2, 0.25) is 0 Å². The Balaban J connectivity index is 2.17. The van der Waals surface area contributed by atoms with Gasteiger partial charge in [0.15, 0.2) is 0 Å². The molecular weight excluding hydrogens is 330 g/mol. The van der Waals surface area contributed by atoms with Crippen LogP contribution < -0.4 is 20.1 Å². The molecule has 0 atom stereocenters. The highest BCUT2D eigenvalue weighted by Gasteiger charge is 2.20. The Hall–Kier alpha value is -3.62. The number of ether oxygens (including phenoxy) is 2. The molecule has 2 amide bonds. The second-order valence-electron chi connectivity index (χ2n) is 4.75. The van der Waals surface area contributed by atoms with Crippen molar-refractivity contribution in [1.29, 1.82) is 0 Å². The summed E-state index contributed by atoms with van der Waals surface area (Å²) in [6.07, 6.45) is 0. The highest BCUT2D eigenvalue weighted by atomic mass is 16.6. The van der Waals surface area contributed by atoms with E-state index in [1.807, 2.05) is 0 Å². The fourth-order valence-corrected chi connectivity index (χ4v) is 2.01. The first-order valence-electron chi connectivity index (χ1n) is 7.04. The van der Waals surface area contributed by atoms with Crippen LogP contribution in [-0.4, -0.2) is 31.0 Å². The van der Waals surface area contributed by atoms with Crippen molar-refractivity contribution in [3.05, 3.63) is 52.6 Å². The highest BCUT2D eigenvalue weighted by Crippen LogP contribution is 2.29. The van der Waals surface area contributed by atoms with E-state index in [9.17, 15) is 19.7 Å². The summed E-state index contributed by atoms with van der Waals surface area (Å²) in [5, 5.41) is 15.5. The average molecular weight is 345 g/mol. The fraction of sp³-hybridized carbons (Fsp3) is 0.125. The minimum atomic E-state index is -1.06. The number of nitro benzene ring substituents is 1. The lowest BCUT2D eigenvalue weighted by Crippen LogP contribution is -2.29. The molecule has 2 rings (SSSR count). The van der Waals surface area contributed by atoms with Crippen molar-refractivity contribution in [2.24, 2.45) is 0 Å². The molecule has 0 heterocycles. The number of amides is 2.